The minimum Gasteiger partial charge on any atom is -0.481 e. The Hall–Kier alpha value is -2.87. The Bertz CT molecular complexity index is 1050. The van der Waals surface area contributed by atoms with Crippen molar-refractivity contribution in [2.24, 2.45) is 0 Å². The maximum Gasteiger partial charge on any atom is 0.336 e. The van der Waals surface area contributed by atoms with Crippen LogP contribution in [0.4, 0.5) is 4.79 Å². The molecule has 0 unspecified atom stereocenters. The van der Waals surface area contributed by atoms with Crippen LogP contribution < -0.4 is 0 Å². The van der Waals surface area contributed by atoms with Gasteiger partial charge in [0, 0.05) is 49.4 Å². The van der Waals surface area contributed by atoms with Crippen LogP contribution >= 0.6 is 11.8 Å². The molecule has 0 fully saturated rings. The van der Waals surface area contributed by atoms with Crippen LogP contribution in [0.2, 0.25) is 0 Å². The molecule has 2 amide bonds. The van der Waals surface area contributed by atoms with Crippen LogP contribution in [0.5, 0.6) is 0 Å². The van der Waals surface area contributed by atoms with E-state index in [1.165, 1.54) is 10.5 Å². The summed E-state index contributed by atoms with van der Waals surface area (Å²) in [5.74, 6) is -4.10. The predicted octanol–water partition coefficient (Wildman–Crippen LogP) is 5.22. The van der Waals surface area contributed by atoms with E-state index in [9.17, 15) is 19.2 Å². The molecule has 13 heteroatoms. The standard InChI is InChI=1S/C29H54N4OS.C6H8O7/c1-8-16-30(17-9-2)20-22-32(24-25-35-28-14-12-27(7)13-15-28)29(34)33(26(5)6)23-21-31(18-10-3)19-11-4;7-3(8)1-6(13,5(11)12)2-4(9)10/h12-15,26H,8-11,16-25H2,1-7H3;13H,1-2H2,(H,7,8)(H,9,10)(H,11,12). The van der Waals surface area contributed by atoms with Crippen molar-refractivity contribution in [3.63, 3.8) is 0 Å². The van der Waals surface area contributed by atoms with Crippen LogP contribution in [0.1, 0.15) is 85.6 Å². The van der Waals surface area contributed by atoms with E-state index in [-0.39, 0.29) is 12.1 Å². The molecule has 0 bridgehead atoms. The van der Waals surface area contributed by atoms with Gasteiger partial charge in [0.15, 0.2) is 5.60 Å². The molecule has 0 aliphatic rings. The summed E-state index contributed by atoms with van der Waals surface area (Å²) in [6.45, 7) is 24.1. The highest BCUT2D eigenvalue weighted by Crippen LogP contribution is 2.19. The summed E-state index contributed by atoms with van der Waals surface area (Å²) in [7, 11) is 0. The van der Waals surface area contributed by atoms with Gasteiger partial charge in [0.1, 0.15) is 0 Å². The second kappa shape index (κ2) is 25.2. The number of aliphatic carboxylic acids is 3. The molecule has 0 aliphatic carbocycles. The van der Waals surface area contributed by atoms with Gasteiger partial charge in [-0.1, -0.05) is 45.4 Å². The molecular formula is C35H62N4O8S. The van der Waals surface area contributed by atoms with Gasteiger partial charge < -0.3 is 40.0 Å². The van der Waals surface area contributed by atoms with E-state index in [1.807, 2.05) is 11.8 Å². The van der Waals surface area contributed by atoms with Crippen molar-refractivity contribution in [2.45, 2.75) is 104 Å². The van der Waals surface area contributed by atoms with Crippen LogP contribution in [0.3, 0.4) is 0 Å². The highest BCUT2D eigenvalue weighted by atomic mass is 32.2. The second-order valence-electron chi connectivity index (χ2n) is 12.4. The molecule has 0 atom stereocenters. The molecule has 1 aromatic carbocycles. The first-order chi connectivity index (χ1) is 22.6. The molecule has 0 radical (unpaired) electrons. The molecule has 1 rings (SSSR count). The monoisotopic (exact) mass is 698 g/mol. The van der Waals surface area contributed by atoms with Gasteiger partial charge in [-0.3, -0.25) is 9.59 Å². The van der Waals surface area contributed by atoms with Gasteiger partial charge in [-0.2, -0.15) is 0 Å². The zero-order valence-electron chi connectivity index (χ0n) is 30.3. The number of hydrogen-bond acceptors (Lipinski definition) is 8. The van der Waals surface area contributed by atoms with Crippen molar-refractivity contribution in [2.75, 3.05) is 64.7 Å². The molecule has 276 valence electrons. The number of nitrogens with zero attached hydrogens (tertiary/aromatic N) is 4. The Morgan fingerprint density at radius 2 is 1.12 bits per heavy atom. The third kappa shape index (κ3) is 19.2. The van der Waals surface area contributed by atoms with E-state index in [0.717, 1.165) is 90.3 Å². The Kier molecular flexibility index (Phi) is 23.6. The van der Waals surface area contributed by atoms with Crippen molar-refractivity contribution in [1.29, 1.82) is 0 Å². The van der Waals surface area contributed by atoms with Crippen molar-refractivity contribution >= 4 is 35.7 Å². The van der Waals surface area contributed by atoms with Gasteiger partial charge in [0.05, 0.1) is 12.8 Å². The number of carboxylic acids is 3. The van der Waals surface area contributed by atoms with Crippen molar-refractivity contribution in [1.82, 2.24) is 19.6 Å². The van der Waals surface area contributed by atoms with Gasteiger partial charge in [-0.05, 0) is 84.8 Å². The predicted molar refractivity (Wildman–Crippen MR) is 192 cm³/mol. The number of carboxylic acid groups (broad SMARTS) is 3. The van der Waals surface area contributed by atoms with Crippen molar-refractivity contribution < 1.29 is 39.6 Å². The summed E-state index contributed by atoms with van der Waals surface area (Å²) in [5, 5.41) is 33.8. The molecule has 48 heavy (non-hydrogen) atoms. The third-order valence-electron chi connectivity index (χ3n) is 7.58. The summed E-state index contributed by atoms with van der Waals surface area (Å²) >= 11 is 1.85. The van der Waals surface area contributed by atoms with E-state index >= 15 is 0 Å². The fourth-order valence-corrected chi connectivity index (χ4v) is 6.00. The maximum atomic E-state index is 13.8. The first kappa shape index (κ1) is 45.1. The maximum absolute atomic E-state index is 13.8. The molecule has 1 aromatic rings. The van der Waals surface area contributed by atoms with Crippen LogP contribution in [0, 0.1) is 6.92 Å². The lowest BCUT2D eigenvalue weighted by atomic mass is 9.96. The fourth-order valence-electron chi connectivity index (χ4n) is 5.13. The molecule has 0 aliphatic heterocycles. The summed E-state index contributed by atoms with van der Waals surface area (Å²) in [4.78, 5) is 54.8. The van der Waals surface area contributed by atoms with E-state index in [4.69, 9.17) is 20.4 Å². The number of aryl methyl sites for hydroxylation is 1. The van der Waals surface area contributed by atoms with Gasteiger partial charge >= 0.3 is 23.9 Å². The van der Waals surface area contributed by atoms with E-state index in [1.54, 1.807) is 0 Å². The molecule has 0 saturated carbocycles. The minimum atomic E-state index is -2.74. The zero-order valence-corrected chi connectivity index (χ0v) is 31.1. The Labute approximate surface area is 292 Å². The number of amides is 2. The highest BCUT2D eigenvalue weighted by Gasteiger charge is 2.40. The largest absolute Gasteiger partial charge is 0.481 e. The van der Waals surface area contributed by atoms with E-state index < -0.39 is 36.4 Å². The molecule has 12 nitrogen and oxygen atoms in total. The number of aliphatic hydroxyl groups is 1. The normalized spacial score (nSPS) is 11.4. The van der Waals surface area contributed by atoms with Gasteiger partial charge in [-0.15, -0.1) is 11.8 Å². The lowest BCUT2D eigenvalue weighted by Crippen LogP contribution is -2.51. The Balaban J connectivity index is 0.00000143. The number of hydrogen-bond donors (Lipinski definition) is 4. The molecule has 0 saturated heterocycles. The number of rotatable bonds is 24. The lowest BCUT2D eigenvalue weighted by Gasteiger charge is -2.36. The smallest absolute Gasteiger partial charge is 0.336 e. The highest BCUT2D eigenvalue weighted by molar-refractivity contribution is 7.99. The molecular weight excluding hydrogens is 636 g/mol. The van der Waals surface area contributed by atoms with Crippen molar-refractivity contribution in [3.05, 3.63) is 29.8 Å². The quantitative estimate of drug-likeness (QED) is 0.105. The topological polar surface area (TPSA) is 162 Å². The molecule has 0 heterocycles. The first-order valence-corrected chi connectivity index (χ1v) is 18.2. The average Bonchev–Trinajstić information content (AvgIpc) is 2.99. The van der Waals surface area contributed by atoms with Gasteiger partial charge in [0.2, 0.25) is 0 Å². The number of thioether (sulfide) groups is 1. The summed E-state index contributed by atoms with van der Waals surface area (Å²) in [6, 6.07) is 9.10. The SMILES string of the molecule is CCCN(CCC)CCN(CCSc1ccc(C)cc1)C(=O)N(CCN(CCC)CCC)C(C)C.O=C(O)CC(O)(CC(=O)O)C(=O)O. The third-order valence-corrected chi connectivity index (χ3v) is 8.57. The average molecular weight is 699 g/mol. The Morgan fingerprint density at radius 3 is 1.50 bits per heavy atom. The molecule has 4 N–H and O–H groups in total. The summed E-state index contributed by atoms with van der Waals surface area (Å²) < 4.78 is 0. The molecule has 0 spiro atoms. The van der Waals surface area contributed by atoms with Gasteiger partial charge in [0.25, 0.3) is 0 Å². The number of carbonyl (C=O) groups is 4. The lowest BCUT2D eigenvalue weighted by molar-refractivity contribution is -0.170. The second-order valence-corrected chi connectivity index (χ2v) is 13.5. The minimum absolute atomic E-state index is 0.197. The van der Waals surface area contributed by atoms with Crippen molar-refractivity contribution in [3.8, 4) is 0 Å². The first-order valence-electron chi connectivity index (χ1n) is 17.2. The van der Waals surface area contributed by atoms with Gasteiger partial charge in [-0.25, -0.2) is 9.59 Å². The van der Waals surface area contributed by atoms with E-state index in [2.05, 4.69) is 92.3 Å². The van der Waals surface area contributed by atoms with Crippen LogP contribution in [0.25, 0.3) is 0 Å². The Morgan fingerprint density at radius 1 is 0.688 bits per heavy atom. The zero-order chi connectivity index (χ0) is 36.7. The number of benzene rings is 1. The van der Waals surface area contributed by atoms with Crippen LogP contribution in [-0.2, 0) is 14.4 Å². The van der Waals surface area contributed by atoms with E-state index in [0.29, 0.717) is 0 Å². The number of carbonyl (C=O) groups excluding carboxylic acids is 1. The summed E-state index contributed by atoms with van der Waals surface area (Å²) in [5.41, 5.74) is -1.46. The van der Waals surface area contributed by atoms with Crippen LogP contribution in [0.15, 0.2) is 29.2 Å². The fraction of sp³-hybridized carbons (Fsp3) is 0.714. The van der Waals surface area contributed by atoms with Crippen LogP contribution in [-0.4, -0.2) is 140 Å². The summed E-state index contributed by atoms with van der Waals surface area (Å²) in [6.07, 6.45) is 2.33. The number of urea groups is 1. The molecule has 0 aromatic heterocycles.